The van der Waals surface area contributed by atoms with Crippen molar-refractivity contribution in [3.63, 3.8) is 0 Å². The minimum absolute atomic E-state index is 0.000401. The highest BCUT2D eigenvalue weighted by Gasteiger charge is 2.42. The number of alkyl halides is 2. The Bertz CT molecular complexity index is 1440. The fraction of sp³-hybridized carbons (Fsp3) is 0.536. The van der Waals surface area contributed by atoms with Gasteiger partial charge in [0, 0.05) is 12.7 Å². The number of imidazole rings is 1. The van der Waals surface area contributed by atoms with Gasteiger partial charge in [0.1, 0.15) is 11.0 Å². The third-order valence-electron chi connectivity index (χ3n) is 7.35. The third kappa shape index (κ3) is 6.58. The standard InChI is InChI=1S/C28H36F2N6O4S/c1-16-8-17(2)26(18(3)9-16)41(38)34-25(19(4)40-21-6-7-21)22-12-36-24(33-22)10-20(11-32-36)23(13-39-5)35-15-28(29,30)14-31-27(35)37/h8-12,19,21,23,25,34H,6-7,13-15H2,1-5H3,(H,31,37)/t19?,23-,25+,41+/m1/s1. The molecule has 2 fully saturated rings. The summed E-state index contributed by atoms with van der Waals surface area (Å²) in [5.41, 5.74) is 4.49. The van der Waals surface area contributed by atoms with E-state index < -0.39 is 48.1 Å². The first-order chi connectivity index (χ1) is 19.5. The van der Waals surface area contributed by atoms with Crippen LogP contribution >= 0.6 is 0 Å². The van der Waals surface area contributed by atoms with Crippen molar-refractivity contribution in [2.45, 2.75) is 75.6 Å². The zero-order valence-corrected chi connectivity index (χ0v) is 24.6. The number of carbonyl (C=O) groups is 1. The average molecular weight is 591 g/mol. The van der Waals surface area contributed by atoms with Crippen LogP contribution in [0.15, 0.2) is 35.5 Å². The monoisotopic (exact) mass is 590 g/mol. The van der Waals surface area contributed by atoms with Crippen molar-refractivity contribution in [3.8, 4) is 0 Å². The molecule has 2 aromatic heterocycles. The lowest BCUT2D eigenvalue weighted by Crippen LogP contribution is -2.58. The predicted octanol–water partition coefficient (Wildman–Crippen LogP) is 3.92. The lowest BCUT2D eigenvalue weighted by atomic mass is 10.1. The van der Waals surface area contributed by atoms with Gasteiger partial charge >= 0.3 is 6.03 Å². The lowest BCUT2D eigenvalue weighted by molar-refractivity contribution is -0.0509. The number of aromatic nitrogens is 3. The summed E-state index contributed by atoms with van der Waals surface area (Å²) in [6, 6.07) is 3.80. The zero-order chi connectivity index (χ0) is 29.5. The van der Waals surface area contributed by atoms with E-state index in [-0.39, 0.29) is 18.8 Å². The number of fused-ring (bicyclic) bond motifs is 1. The molecule has 0 bridgehead atoms. The van der Waals surface area contributed by atoms with Crippen LogP contribution in [0.3, 0.4) is 0 Å². The molecule has 2 aliphatic rings. The molecule has 0 radical (unpaired) electrons. The maximum absolute atomic E-state index is 14.2. The van der Waals surface area contributed by atoms with Crippen LogP contribution in [-0.4, -0.2) is 74.7 Å². The van der Waals surface area contributed by atoms with E-state index >= 15 is 0 Å². The minimum atomic E-state index is -3.07. The Hall–Kier alpha value is -3.00. The number of ether oxygens (including phenoxy) is 2. The number of aryl methyl sites for hydroxylation is 3. The molecule has 1 aliphatic heterocycles. The first-order valence-corrected chi connectivity index (χ1v) is 14.8. The maximum Gasteiger partial charge on any atom is 0.318 e. The molecule has 41 heavy (non-hydrogen) atoms. The molecule has 2 N–H and O–H groups in total. The molecule has 2 amide bonds. The van der Waals surface area contributed by atoms with E-state index in [1.807, 2.05) is 39.8 Å². The maximum atomic E-state index is 14.2. The summed E-state index contributed by atoms with van der Waals surface area (Å²) in [4.78, 5) is 19.1. The van der Waals surface area contributed by atoms with Crippen molar-refractivity contribution in [3.05, 3.63) is 58.5 Å². The summed E-state index contributed by atoms with van der Waals surface area (Å²) in [5.74, 6) is -3.07. The summed E-state index contributed by atoms with van der Waals surface area (Å²) in [6.07, 6.45) is 5.04. The van der Waals surface area contributed by atoms with E-state index in [4.69, 9.17) is 14.5 Å². The van der Waals surface area contributed by atoms with E-state index in [1.165, 1.54) is 13.3 Å². The number of nitrogens with one attached hydrogen (secondary N) is 2. The van der Waals surface area contributed by atoms with Crippen molar-refractivity contribution in [2.75, 3.05) is 26.8 Å². The molecule has 5 rings (SSSR count). The number of nitrogens with zero attached hydrogens (tertiary/aromatic N) is 4. The first kappa shape index (κ1) is 29.5. The van der Waals surface area contributed by atoms with E-state index in [0.29, 0.717) is 16.9 Å². The summed E-state index contributed by atoms with van der Waals surface area (Å²) in [6.45, 7) is 6.38. The number of amides is 2. The number of benzene rings is 1. The Morgan fingerprint density at radius 3 is 2.59 bits per heavy atom. The van der Waals surface area contributed by atoms with Gasteiger partial charge in [-0.2, -0.15) is 5.10 Å². The topological polar surface area (TPSA) is 110 Å². The molecule has 1 saturated heterocycles. The van der Waals surface area contributed by atoms with Crippen molar-refractivity contribution in [1.29, 1.82) is 0 Å². The number of halogens is 2. The highest BCUT2D eigenvalue weighted by atomic mass is 32.2. The first-order valence-electron chi connectivity index (χ1n) is 13.6. The fourth-order valence-corrected chi connectivity index (χ4v) is 6.68. The van der Waals surface area contributed by atoms with Crippen LogP contribution in [0.25, 0.3) is 5.65 Å². The van der Waals surface area contributed by atoms with Crippen molar-refractivity contribution < 1.29 is 27.3 Å². The molecule has 13 heteroatoms. The fourth-order valence-electron chi connectivity index (χ4n) is 5.32. The van der Waals surface area contributed by atoms with Crippen LogP contribution in [0.4, 0.5) is 13.6 Å². The molecule has 1 aliphatic carbocycles. The molecule has 3 heterocycles. The summed E-state index contributed by atoms with van der Waals surface area (Å²) in [7, 11) is -0.104. The molecule has 1 aromatic carbocycles. The molecule has 222 valence electrons. The van der Waals surface area contributed by atoms with Gasteiger partial charge in [0.25, 0.3) is 5.92 Å². The van der Waals surface area contributed by atoms with E-state index in [9.17, 15) is 17.8 Å². The van der Waals surface area contributed by atoms with Crippen LogP contribution in [0, 0.1) is 20.8 Å². The van der Waals surface area contributed by atoms with Gasteiger partial charge in [0.15, 0.2) is 5.65 Å². The largest absolute Gasteiger partial charge is 0.382 e. The molecule has 1 unspecified atom stereocenters. The second kappa shape index (κ2) is 11.7. The smallest absolute Gasteiger partial charge is 0.318 e. The van der Waals surface area contributed by atoms with Crippen LogP contribution in [0.1, 0.15) is 59.8 Å². The van der Waals surface area contributed by atoms with E-state index in [2.05, 4.69) is 15.1 Å². The van der Waals surface area contributed by atoms with Gasteiger partial charge in [0.2, 0.25) is 0 Å². The van der Waals surface area contributed by atoms with Gasteiger partial charge in [-0.3, -0.25) is 0 Å². The normalized spacial score (nSPS) is 20.1. The highest BCUT2D eigenvalue weighted by molar-refractivity contribution is 7.83. The molecule has 10 nitrogen and oxygen atoms in total. The summed E-state index contributed by atoms with van der Waals surface area (Å²) < 4.78 is 58.3. The number of urea groups is 1. The van der Waals surface area contributed by atoms with Crippen molar-refractivity contribution in [2.24, 2.45) is 0 Å². The van der Waals surface area contributed by atoms with Gasteiger partial charge in [0.05, 0.1) is 67.0 Å². The number of rotatable bonds is 11. The Labute approximate surface area is 240 Å². The quantitative estimate of drug-likeness (QED) is 0.350. The molecule has 1 saturated carbocycles. The summed E-state index contributed by atoms with van der Waals surface area (Å²) in [5, 5.41) is 6.71. The minimum Gasteiger partial charge on any atom is -0.382 e. The molecular formula is C28H36F2N6O4S. The van der Waals surface area contributed by atoms with Crippen LogP contribution < -0.4 is 10.0 Å². The van der Waals surface area contributed by atoms with Crippen LogP contribution in [0.5, 0.6) is 0 Å². The van der Waals surface area contributed by atoms with Gasteiger partial charge in [-0.25, -0.2) is 32.0 Å². The van der Waals surface area contributed by atoms with Crippen molar-refractivity contribution in [1.82, 2.24) is 29.5 Å². The molecule has 4 atom stereocenters. The third-order valence-corrected chi connectivity index (χ3v) is 8.83. The molecular weight excluding hydrogens is 554 g/mol. The Morgan fingerprint density at radius 2 is 1.93 bits per heavy atom. The van der Waals surface area contributed by atoms with Gasteiger partial charge < -0.3 is 19.7 Å². The van der Waals surface area contributed by atoms with Gasteiger partial charge in [-0.05, 0) is 57.7 Å². The number of carbonyl (C=O) groups excluding carboxylic acids is 1. The molecule has 0 spiro atoms. The van der Waals surface area contributed by atoms with Gasteiger partial charge in [-0.15, -0.1) is 0 Å². The zero-order valence-electron chi connectivity index (χ0n) is 23.8. The Kier molecular flexibility index (Phi) is 8.42. The predicted molar refractivity (Wildman–Crippen MR) is 149 cm³/mol. The second-order valence-electron chi connectivity index (χ2n) is 11.0. The Morgan fingerprint density at radius 1 is 1.22 bits per heavy atom. The lowest BCUT2D eigenvalue weighted by Gasteiger charge is -2.38. The summed E-state index contributed by atoms with van der Waals surface area (Å²) >= 11 is 0. The van der Waals surface area contributed by atoms with Crippen LogP contribution in [0.2, 0.25) is 0 Å². The SMILES string of the molecule is COC[C@H](c1cnn2cc([C@@H](N[S@@](=O)c3c(C)cc(C)cc3C)C(C)OC3CC3)nc2c1)N1CC(F)(F)CNC1=O. The van der Waals surface area contributed by atoms with Crippen molar-refractivity contribution >= 4 is 22.7 Å². The van der Waals surface area contributed by atoms with E-state index in [1.54, 1.807) is 16.8 Å². The van der Waals surface area contributed by atoms with Gasteiger partial charge in [-0.1, -0.05) is 17.7 Å². The average Bonchev–Trinajstić information content (AvgIpc) is 3.61. The number of methoxy groups -OCH3 is 1. The number of hydrogen-bond acceptors (Lipinski definition) is 6. The second-order valence-corrected chi connectivity index (χ2v) is 12.2. The highest BCUT2D eigenvalue weighted by Crippen LogP contribution is 2.32. The molecule has 3 aromatic rings. The number of hydrogen-bond donors (Lipinski definition) is 2. The Balaban J connectivity index is 1.46. The van der Waals surface area contributed by atoms with E-state index in [0.717, 1.165) is 39.3 Å². The van der Waals surface area contributed by atoms with Crippen LogP contribution in [-0.2, 0) is 20.5 Å².